The molecule has 3 heterocycles. The first-order chi connectivity index (χ1) is 11.4. The van der Waals surface area contributed by atoms with Gasteiger partial charge in [-0.2, -0.15) is 0 Å². The Kier molecular flexibility index (Phi) is 3.82. The van der Waals surface area contributed by atoms with Crippen molar-refractivity contribution in [2.75, 3.05) is 13.1 Å². The lowest BCUT2D eigenvalue weighted by molar-refractivity contribution is 0.284. The van der Waals surface area contributed by atoms with Gasteiger partial charge in [0.1, 0.15) is 11.6 Å². The quantitative estimate of drug-likeness (QED) is 0.738. The van der Waals surface area contributed by atoms with Gasteiger partial charge in [0.05, 0.1) is 23.8 Å². The van der Waals surface area contributed by atoms with Crippen LogP contribution in [-0.2, 0) is 6.54 Å². The van der Waals surface area contributed by atoms with E-state index in [1.54, 1.807) is 6.26 Å². The highest BCUT2D eigenvalue weighted by atomic mass is 16.3. The van der Waals surface area contributed by atoms with Crippen LogP contribution in [0.5, 0.6) is 0 Å². The molecule has 0 atom stereocenters. The number of furan rings is 1. The summed E-state index contributed by atoms with van der Waals surface area (Å²) in [6.45, 7) is 2.96. The van der Waals surface area contributed by atoms with Crippen LogP contribution < -0.4 is 0 Å². The summed E-state index contributed by atoms with van der Waals surface area (Å²) >= 11 is 0. The van der Waals surface area contributed by atoms with Crippen molar-refractivity contribution >= 4 is 23.2 Å². The van der Waals surface area contributed by atoms with Crippen LogP contribution in [0.2, 0.25) is 0 Å². The Hall–Kier alpha value is -2.59. The summed E-state index contributed by atoms with van der Waals surface area (Å²) < 4.78 is 5.35. The maximum absolute atomic E-state index is 5.35. The van der Waals surface area contributed by atoms with E-state index in [-0.39, 0.29) is 0 Å². The minimum absolute atomic E-state index is 0.849. The van der Waals surface area contributed by atoms with Gasteiger partial charge < -0.3 is 9.40 Å². The van der Waals surface area contributed by atoms with E-state index in [0.717, 1.165) is 54.2 Å². The molecule has 0 amide bonds. The number of nitrogens with one attached hydrogen (secondary N) is 1. The Morgan fingerprint density at radius 3 is 3.00 bits per heavy atom. The lowest BCUT2D eigenvalue weighted by atomic mass is 10.1. The zero-order valence-corrected chi connectivity index (χ0v) is 12.9. The van der Waals surface area contributed by atoms with Crippen LogP contribution in [0.15, 0.2) is 53.2 Å². The number of rotatable bonds is 4. The summed E-state index contributed by atoms with van der Waals surface area (Å²) in [5, 5.41) is 0. The number of benzene rings is 1. The fraction of sp³-hybridized carbons (Fsp3) is 0.211. The molecule has 4 heteroatoms. The second kappa shape index (κ2) is 6.26. The van der Waals surface area contributed by atoms with E-state index in [1.165, 1.54) is 0 Å². The van der Waals surface area contributed by atoms with E-state index in [1.807, 2.05) is 24.3 Å². The molecule has 3 aromatic rings. The van der Waals surface area contributed by atoms with Gasteiger partial charge in [-0.3, -0.25) is 4.90 Å². The van der Waals surface area contributed by atoms with E-state index in [2.05, 4.69) is 40.2 Å². The van der Waals surface area contributed by atoms with Gasteiger partial charge in [-0.15, -0.1) is 0 Å². The van der Waals surface area contributed by atoms with Gasteiger partial charge in [0.2, 0.25) is 0 Å². The van der Waals surface area contributed by atoms with Crippen LogP contribution in [0.25, 0.3) is 23.2 Å². The molecule has 1 aromatic carbocycles. The summed E-state index contributed by atoms with van der Waals surface area (Å²) in [7, 11) is 0. The highest BCUT2D eigenvalue weighted by molar-refractivity contribution is 5.87. The lowest BCUT2D eigenvalue weighted by Gasteiger charge is -2.21. The first-order valence-electron chi connectivity index (χ1n) is 7.95. The number of hydrogen-bond acceptors (Lipinski definition) is 3. The molecular weight excluding hydrogens is 286 g/mol. The van der Waals surface area contributed by atoms with Crippen LogP contribution in [0.1, 0.15) is 23.6 Å². The number of aromatic nitrogens is 2. The van der Waals surface area contributed by atoms with Gasteiger partial charge in [0.15, 0.2) is 0 Å². The molecular formula is C19H19N3O. The predicted octanol–water partition coefficient (Wildman–Crippen LogP) is 4.09. The third-order valence-corrected chi connectivity index (χ3v) is 4.09. The normalized spacial score (nSPS) is 15.8. The van der Waals surface area contributed by atoms with Crippen molar-refractivity contribution in [3.05, 3.63) is 65.9 Å². The highest BCUT2D eigenvalue weighted by Crippen LogP contribution is 2.20. The van der Waals surface area contributed by atoms with Gasteiger partial charge in [0.25, 0.3) is 0 Å². The first kappa shape index (κ1) is 14.0. The number of para-hydroxylation sites is 1. The molecule has 23 heavy (non-hydrogen) atoms. The van der Waals surface area contributed by atoms with Crippen LogP contribution in [0.3, 0.4) is 0 Å². The number of nitrogens with zero attached hydrogens (tertiary/aromatic N) is 2. The second-order valence-corrected chi connectivity index (χ2v) is 5.77. The zero-order chi connectivity index (χ0) is 15.5. The van der Waals surface area contributed by atoms with Crippen LogP contribution >= 0.6 is 0 Å². The van der Waals surface area contributed by atoms with Crippen molar-refractivity contribution in [2.24, 2.45) is 0 Å². The van der Waals surface area contributed by atoms with E-state index in [9.17, 15) is 0 Å². The standard InChI is InChI=1S/C19H19N3O/c1-2-11-22(12-3-1)14-18-20-17-8-4-6-15(19(17)21-18)9-10-16-7-5-13-23-16/h1-2,4-10,13H,3,11-12,14H2,(H,20,21). The summed E-state index contributed by atoms with van der Waals surface area (Å²) in [6.07, 6.45) is 11.3. The smallest absolute Gasteiger partial charge is 0.126 e. The predicted molar refractivity (Wildman–Crippen MR) is 92.8 cm³/mol. The van der Waals surface area contributed by atoms with Crippen LogP contribution in [0.4, 0.5) is 0 Å². The van der Waals surface area contributed by atoms with E-state index >= 15 is 0 Å². The molecule has 0 unspecified atom stereocenters. The van der Waals surface area contributed by atoms with Crippen molar-refractivity contribution in [3.63, 3.8) is 0 Å². The maximum atomic E-state index is 5.35. The second-order valence-electron chi connectivity index (χ2n) is 5.77. The Bertz CT molecular complexity index is 843. The van der Waals surface area contributed by atoms with E-state index < -0.39 is 0 Å². The summed E-state index contributed by atoms with van der Waals surface area (Å²) in [5.41, 5.74) is 3.21. The van der Waals surface area contributed by atoms with Gasteiger partial charge in [-0.1, -0.05) is 24.3 Å². The number of H-pyrrole nitrogens is 1. The molecule has 4 rings (SSSR count). The molecule has 1 aliphatic heterocycles. The minimum Gasteiger partial charge on any atom is -0.465 e. The first-order valence-corrected chi connectivity index (χ1v) is 7.95. The molecule has 1 N–H and O–H groups in total. The number of fused-ring (bicyclic) bond motifs is 1. The maximum Gasteiger partial charge on any atom is 0.126 e. The van der Waals surface area contributed by atoms with Gasteiger partial charge >= 0.3 is 0 Å². The van der Waals surface area contributed by atoms with E-state index in [4.69, 9.17) is 9.40 Å². The minimum atomic E-state index is 0.849. The largest absolute Gasteiger partial charge is 0.465 e. The molecule has 0 aliphatic carbocycles. The monoisotopic (exact) mass is 305 g/mol. The molecule has 0 saturated heterocycles. The Balaban J connectivity index is 1.60. The number of imidazole rings is 1. The number of hydrogen-bond donors (Lipinski definition) is 1. The fourth-order valence-electron chi connectivity index (χ4n) is 2.92. The molecule has 0 saturated carbocycles. The fourth-order valence-corrected chi connectivity index (χ4v) is 2.92. The van der Waals surface area contributed by atoms with Gasteiger partial charge in [0, 0.05) is 18.7 Å². The lowest BCUT2D eigenvalue weighted by Crippen LogP contribution is -2.27. The molecule has 0 spiro atoms. The van der Waals surface area contributed by atoms with Gasteiger partial charge in [-0.05, 0) is 36.8 Å². The molecule has 0 bridgehead atoms. The average molecular weight is 305 g/mol. The number of aromatic amines is 1. The van der Waals surface area contributed by atoms with Crippen molar-refractivity contribution in [3.8, 4) is 0 Å². The topological polar surface area (TPSA) is 45.1 Å². The zero-order valence-electron chi connectivity index (χ0n) is 12.9. The molecule has 116 valence electrons. The molecule has 0 radical (unpaired) electrons. The summed E-state index contributed by atoms with van der Waals surface area (Å²) in [4.78, 5) is 10.6. The third kappa shape index (κ3) is 3.12. The molecule has 2 aromatic heterocycles. The van der Waals surface area contributed by atoms with Crippen molar-refractivity contribution in [1.82, 2.24) is 14.9 Å². The third-order valence-electron chi connectivity index (χ3n) is 4.09. The Morgan fingerprint density at radius 1 is 1.17 bits per heavy atom. The Labute approximate surface area is 135 Å². The van der Waals surface area contributed by atoms with Crippen LogP contribution in [0, 0.1) is 0 Å². The van der Waals surface area contributed by atoms with Crippen molar-refractivity contribution in [2.45, 2.75) is 13.0 Å². The summed E-state index contributed by atoms with van der Waals surface area (Å²) in [5.74, 6) is 1.87. The van der Waals surface area contributed by atoms with E-state index in [0.29, 0.717) is 0 Å². The highest BCUT2D eigenvalue weighted by Gasteiger charge is 2.11. The summed E-state index contributed by atoms with van der Waals surface area (Å²) in [6, 6.07) is 10.0. The average Bonchev–Trinajstić information content (AvgIpc) is 3.23. The SMILES string of the molecule is C1=CCN(Cc2nc3cccc(C=Cc4ccco4)c3[nH]2)CC1. The van der Waals surface area contributed by atoms with Crippen molar-refractivity contribution in [1.29, 1.82) is 0 Å². The van der Waals surface area contributed by atoms with Gasteiger partial charge in [-0.25, -0.2) is 4.98 Å². The molecule has 4 nitrogen and oxygen atoms in total. The van der Waals surface area contributed by atoms with Crippen molar-refractivity contribution < 1.29 is 4.42 Å². The molecule has 1 aliphatic rings. The molecule has 0 fully saturated rings. The van der Waals surface area contributed by atoms with Crippen LogP contribution in [-0.4, -0.2) is 28.0 Å². The Morgan fingerprint density at radius 2 is 2.17 bits per heavy atom.